The minimum absolute atomic E-state index is 0.0416. The van der Waals surface area contributed by atoms with Crippen LogP contribution in [0.5, 0.6) is 5.75 Å². The van der Waals surface area contributed by atoms with Crippen LogP contribution in [0.1, 0.15) is 30.0 Å². The van der Waals surface area contributed by atoms with Crippen molar-refractivity contribution in [1.29, 1.82) is 0 Å². The molecule has 4 aromatic carbocycles. The molecule has 0 saturated carbocycles. The summed E-state index contributed by atoms with van der Waals surface area (Å²) >= 11 is 6.41. The maximum atomic E-state index is 15.0. The molecular weight excluding hydrogens is 629 g/mol. The van der Waals surface area contributed by atoms with E-state index in [9.17, 15) is 18.0 Å². The van der Waals surface area contributed by atoms with Crippen LogP contribution >= 0.6 is 11.6 Å². The van der Waals surface area contributed by atoms with Crippen LogP contribution in [-0.4, -0.2) is 51.4 Å². The number of anilines is 1. The van der Waals surface area contributed by atoms with E-state index in [4.69, 9.17) is 16.3 Å². The highest BCUT2D eigenvalue weighted by atomic mass is 35.5. The van der Waals surface area contributed by atoms with Crippen molar-refractivity contribution in [3.63, 3.8) is 0 Å². The van der Waals surface area contributed by atoms with Gasteiger partial charge in [-0.15, -0.1) is 0 Å². The number of rotatable bonds is 14. The highest BCUT2D eigenvalue weighted by Crippen LogP contribution is 2.32. The average Bonchev–Trinajstić information content (AvgIpc) is 3.05. The topological polar surface area (TPSA) is 96.0 Å². The zero-order valence-corrected chi connectivity index (χ0v) is 27.5. The first-order valence-corrected chi connectivity index (χ1v) is 16.6. The monoisotopic (exact) mass is 665 g/mol. The van der Waals surface area contributed by atoms with E-state index < -0.39 is 40.2 Å². The van der Waals surface area contributed by atoms with Crippen molar-refractivity contribution in [1.82, 2.24) is 10.2 Å². The van der Waals surface area contributed by atoms with Gasteiger partial charge in [0.1, 0.15) is 24.2 Å². The van der Waals surface area contributed by atoms with Crippen LogP contribution < -0.4 is 14.4 Å². The Bertz CT molecular complexity index is 1750. The lowest BCUT2D eigenvalue weighted by atomic mass is 10.0. The number of carbonyl (C=O) groups excluding carboxylic acids is 2. The Hall–Kier alpha value is -4.41. The lowest BCUT2D eigenvalue weighted by Gasteiger charge is -2.34. The highest BCUT2D eigenvalue weighted by molar-refractivity contribution is 7.92. The molecule has 1 atom stereocenters. The molecule has 0 unspecified atom stereocenters. The van der Waals surface area contributed by atoms with E-state index in [2.05, 4.69) is 5.32 Å². The van der Waals surface area contributed by atoms with Gasteiger partial charge in [-0.2, -0.15) is 0 Å². The summed E-state index contributed by atoms with van der Waals surface area (Å²) in [5, 5.41) is 3.00. The van der Waals surface area contributed by atoms with Crippen molar-refractivity contribution in [2.75, 3.05) is 24.5 Å². The third kappa shape index (κ3) is 8.44. The summed E-state index contributed by atoms with van der Waals surface area (Å²) in [6, 6.07) is 24.7. The molecule has 4 aromatic rings. The van der Waals surface area contributed by atoms with Gasteiger partial charge in [-0.3, -0.25) is 13.9 Å². The summed E-state index contributed by atoms with van der Waals surface area (Å²) in [6.45, 7) is 3.13. The quantitative estimate of drug-likeness (QED) is 0.174. The van der Waals surface area contributed by atoms with Crippen LogP contribution in [0.3, 0.4) is 0 Å². The molecule has 0 bridgehead atoms. The van der Waals surface area contributed by atoms with Gasteiger partial charge in [0.25, 0.3) is 10.0 Å². The van der Waals surface area contributed by atoms with Crippen molar-refractivity contribution in [3.8, 4) is 5.75 Å². The number of nitrogens with one attached hydrogen (secondary N) is 1. The first kappa shape index (κ1) is 34.5. The fourth-order valence-electron chi connectivity index (χ4n) is 4.91. The third-order valence-electron chi connectivity index (χ3n) is 7.43. The molecule has 1 N–H and O–H groups in total. The van der Waals surface area contributed by atoms with Crippen LogP contribution in [0.2, 0.25) is 5.02 Å². The van der Waals surface area contributed by atoms with Crippen molar-refractivity contribution in [2.45, 2.75) is 44.2 Å². The minimum atomic E-state index is -4.32. The number of amides is 2. The van der Waals surface area contributed by atoms with Crippen LogP contribution in [0.15, 0.2) is 102 Å². The Labute approximate surface area is 274 Å². The minimum Gasteiger partial charge on any atom is -0.495 e. The normalized spacial score (nSPS) is 11.8. The number of hydrogen-bond donors (Lipinski definition) is 1. The molecule has 0 saturated heterocycles. The van der Waals surface area contributed by atoms with Crippen molar-refractivity contribution < 1.29 is 27.1 Å². The third-order valence-corrected chi connectivity index (χ3v) is 9.51. The number of sulfonamides is 1. The van der Waals surface area contributed by atoms with Crippen LogP contribution in [0.25, 0.3) is 0 Å². The van der Waals surface area contributed by atoms with Gasteiger partial charge in [-0.1, -0.05) is 84.8 Å². The summed E-state index contributed by atoms with van der Waals surface area (Å²) in [5.74, 6) is -1.38. The van der Waals surface area contributed by atoms with E-state index in [-0.39, 0.29) is 34.1 Å². The molecule has 0 aliphatic rings. The number of nitrogens with zero attached hydrogens (tertiary/aromatic N) is 2. The van der Waals surface area contributed by atoms with Gasteiger partial charge < -0.3 is 15.0 Å². The molecule has 242 valence electrons. The lowest BCUT2D eigenvalue weighted by Crippen LogP contribution is -2.53. The zero-order valence-electron chi connectivity index (χ0n) is 26.0. The number of carbonyl (C=O) groups is 2. The Morgan fingerprint density at radius 3 is 2.26 bits per heavy atom. The van der Waals surface area contributed by atoms with Crippen molar-refractivity contribution in [2.24, 2.45) is 0 Å². The second kappa shape index (κ2) is 15.7. The second-order valence-corrected chi connectivity index (χ2v) is 13.0. The molecule has 11 heteroatoms. The molecule has 0 aliphatic carbocycles. The maximum absolute atomic E-state index is 15.0. The van der Waals surface area contributed by atoms with E-state index in [0.717, 1.165) is 15.4 Å². The van der Waals surface area contributed by atoms with Gasteiger partial charge in [0.05, 0.1) is 22.7 Å². The molecule has 4 rings (SSSR count). The molecule has 0 heterocycles. The van der Waals surface area contributed by atoms with Gasteiger partial charge in [0, 0.05) is 25.1 Å². The maximum Gasteiger partial charge on any atom is 0.264 e. The van der Waals surface area contributed by atoms with Gasteiger partial charge in [-0.05, 0) is 55.3 Å². The molecular formula is C35H37ClFN3O5S. The Balaban J connectivity index is 1.83. The molecule has 0 aromatic heterocycles. The van der Waals surface area contributed by atoms with E-state index in [1.165, 1.54) is 60.5 Å². The standard InChI is InChI=1S/C35H37ClFN3O5S/c1-4-20-38-35(42)32(21-26-10-6-5-7-11-26)39(23-27-12-8-9-13-31(27)37)34(41)24-40(28-16-19-33(45-3)30(36)22-28)46(43,44)29-17-14-25(2)15-18-29/h5-19,22,32H,4,20-21,23-24H2,1-3H3,(H,38,42)/t32-/m1/s1. The number of aryl methyl sites for hydroxylation is 1. The van der Waals surface area contributed by atoms with Crippen LogP contribution in [-0.2, 0) is 32.6 Å². The van der Waals surface area contributed by atoms with Crippen molar-refractivity contribution >= 4 is 39.1 Å². The van der Waals surface area contributed by atoms with E-state index in [1.54, 1.807) is 18.2 Å². The number of benzene rings is 4. The van der Waals surface area contributed by atoms with E-state index in [0.29, 0.717) is 18.7 Å². The molecule has 2 amide bonds. The van der Waals surface area contributed by atoms with Crippen LogP contribution in [0.4, 0.5) is 10.1 Å². The van der Waals surface area contributed by atoms with Gasteiger partial charge in [-0.25, -0.2) is 12.8 Å². The van der Waals surface area contributed by atoms with E-state index >= 15 is 4.39 Å². The summed E-state index contributed by atoms with van der Waals surface area (Å²) in [4.78, 5) is 29.3. The Kier molecular flexibility index (Phi) is 11.8. The predicted octanol–water partition coefficient (Wildman–Crippen LogP) is 6.16. The first-order valence-electron chi connectivity index (χ1n) is 14.8. The number of halogens is 2. The molecule has 0 radical (unpaired) electrons. The summed E-state index contributed by atoms with van der Waals surface area (Å²) < 4.78 is 49.5. The number of hydrogen-bond acceptors (Lipinski definition) is 5. The molecule has 0 spiro atoms. The number of methoxy groups -OCH3 is 1. The predicted molar refractivity (Wildman–Crippen MR) is 178 cm³/mol. The Morgan fingerprint density at radius 2 is 1.63 bits per heavy atom. The van der Waals surface area contributed by atoms with Gasteiger partial charge >= 0.3 is 0 Å². The average molecular weight is 666 g/mol. The molecule has 0 fully saturated rings. The van der Waals surface area contributed by atoms with Crippen molar-refractivity contribution in [3.05, 3.63) is 125 Å². The van der Waals surface area contributed by atoms with E-state index in [1.807, 2.05) is 44.2 Å². The van der Waals surface area contributed by atoms with Gasteiger partial charge in [0.2, 0.25) is 11.8 Å². The fourth-order valence-corrected chi connectivity index (χ4v) is 6.56. The largest absolute Gasteiger partial charge is 0.495 e. The zero-order chi connectivity index (χ0) is 33.3. The Morgan fingerprint density at radius 1 is 0.957 bits per heavy atom. The summed E-state index contributed by atoms with van der Waals surface area (Å²) in [6.07, 6.45) is 0.779. The molecule has 0 aliphatic heterocycles. The van der Waals surface area contributed by atoms with Gasteiger partial charge in [0.15, 0.2) is 0 Å². The highest BCUT2D eigenvalue weighted by Gasteiger charge is 2.35. The smallest absolute Gasteiger partial charge is 0.264 e. The second-order valence-electron chi connectivity index (χ2n) is 10.8. The summed E-state index contributed by atoms with van der Waals surface area (Å²) in [7, 11) is -2.89. The SMILES string of the molecule is CCCNC(=O)[C@@H](Cc1ccccc1)N(Cc1ccccc1F)C(=O)CN(c1ccc(OC)c(Cl)c1)S(=O)(=O)c1ccc(C)cc1. The fraction of sp³-hybridized carbons (Fsp3) is 0.257. The first-order chi connectivity index (χ1) is 22.0. The molecule has 46 heavy (non-hydrogen) atoms. The molecule has 8 nitrogen and oxygen atoms in total. The number of ether oxygens (including phenoxy) is 1. The van der Waals surface area contributed by atoms with Crippen LogP contribution in [0, 0.1) is 12.7 Å². The lowest BCUT2D eigenvalue weighted by molar-refractivity contribution is -0.140. The summed E-state index contributed by atoms with van der Waals surface area (Å²) in [5.41, 5.74) is 1.92.